The Hall–Kier alpha value is -3.26. The van der Waals surface area contributed by atoms with Crippen LogP contribution in [0, 0.1) is 5.92 Å². The number of nitrogens with one attached hydrogen (secondary N) is 1. The van der Waals surface area contributed by atoms with Crippen LogP contribution in [0.25, 0.3) is 0 Å². The molecular formula is C28H35N3O5. The number of hydrogen-bond donors (Lipinski definition) is 1. The molecule has 2 aromatic carbocycles. The van der Waals surface area contributed by atoms with Crippen LogP contribution in [-0.2, 0) is 11.3 Å². The Balaban J connectivity index is 1.22. The number of nitrogens with zero attached hydrogens (tertiary/aromatic N) is 2. The average Bonchev–Trinajstić information content (AvgIpc) is 3.15. The molecular weight excluding hydrogens is 458 g/mol. The van der Waals surface area contributed by atoms with Gasteiger partial charge in [-0.15, -0.1) is 0 Å². The highest BCUT2D eigenvalue weighted by Gasteiger charge is 2.55. The Kier molecular flexibility index (Phi) is 7.05. The highest BCUT2D eigenvalue weighted by atomic mass is 16.6. The van der Waals surface area contributed by atoms with Crippen molar-refractivity contribution in [2.75, 3.05) is 32.8 Å². The molecule has 2 atom stereocenters. The second-order valence-corrected chi connectivity index (χ2v) is 9.76. The van der Waals surface area contributed by atoms with Crippen LogP contribution < -0.4 is 19.5 Å². The van der Waals surface area contributed by atoms with Gasteiger partial charge in [0.05, 0.1) is 13.2 Å². The molecule has 0 spiro atoms. The summed E-state index contributed by atoms with van der Waals surface area (Å²) in [7, 11) is 0. The van der Waals surface area contributed by atoms with Crippen molar-refractivity contribution in [3.05, 3.63) is 54.1 Å². The molecule has 0 unspecified atom stereocenters. The van der Waals surface area contributed by atoms with Crippen LogP contribution in [0.1, 0.15) is 38.7 Å². The first-order chi connectivity index (χ1) is 17.5. The molecule has 3 amide bonds. The molecule has 2 aromatic rings. The molecule has 192 valence electrons. The molecule has 0 radical (unpaired) electrons. The Morgan fingerprint density at radius 1 is 1.03 bits per heavy atom. The molecule has 0 bridgehead atoms. The topological polar surface area (TPSA) is 80.3 Å². The van der Waals surface area contributed by atoms with E-state index in [4.69, 9.17) is 14.2 Å². The summed E-state index contributed by atoms with van der Waals surface area (Å²) < 4.78 is 17.6. The smallest absolute Gasteiger partial charge is 0.325 e. The first-order valence-electron chi connectivity index (χ1n) is 13.0. The lowest BCUT2D eigenvalue weighted by atomic mass is 9.75. The number of piperidine rings is 1. The van der Waals surface area contributed by atoms with Gasteiger partial charge in [0.25, 0.3) is 5.91 Å². The molecule has 0 aliphatic carbocycles. The van der Waals surface area contributed by atoms with E-state index in [2.05, 4.69) is 16.3 Å². The van der Waals surface area contributed by atoms with Gasteiger partial charge in [-0.05, 0) is 63.4 Å². The number of fused-ring (bicyclic) bond motifs is 1. The summed E-state index contributed by atoms with van der Waals surface area (Å²) in [6.45, 7) is 7.65. The third-order valence-corrected chi connectivity index (χ3v) is 7.66. The molecule has 0 aromatic heterocycles. The first-order valence-corrected chi connectivity index (χ1v) is 13.0. The van der Waals surface area contributed by atoms with E-state index >= 15 is 0 Å². The quantitative estimate of drug-likeness (QED) is 0.563. The molecule has 5 rings (SSSR count). The minimum absolute atomic E-state index is 0.0894. The predicted molar refractivity (Wildman–Crippen MR) is 135 cm³/mol. The van der Waals surface area contributed by atoms with Crippen molar-refractivity contribution in [1.82, 2.24) is 15.1 Å². The summed E-state index contributed by atoms with van der Waals surface area (Å²) in [5, 5.41) is 3.09. The van der Waals surface area contributed by atoms with E-state index in [0.717, 1.165) is 38.2 Å². The Labute approximate surface area is 212 Å². The lowest BCUT2D eigenvalue weighted by molar-refractivity contribution is -0.135. The number of carbonyl (C=O) groups excluding carboxylic acids is 2. The lowest BCUT2D eigenvalue weighted by Gasteiger charge is -2.40. The molecule has 8 nitrogen and oxygen atoms in total. The van der Waals surface area contributed by atoms with Crippen LogP contribution in [0.15, 0.2) is 48.5 Å². The van der Waals surface area contributed by atoms with Crippen LogP contribution in [0.4, 0.5) is 4.79 Å². The second-order valence-electron chi connectivity index (χ2n) is 9.76. The summed E-state index contributed by atoms with van der Waals surface area (Å²) in [5.41, 5.74) is 0.315. The van der Waals surface area contributed by atoms with Crippen LogP contribution in [0.3, 0.4) is 0 Å². The molecule has 3 aliphatic rings. The van der Waals surface area contributed by atoms with Crippen molar-refractivity contribution in [3.63, 3.8) is 0 Å². The monoisotopic (exact) mass is 493 g/mol. The van der Waals surface area contributed by atoms with Gasteiger partial charge in [-0.2, -0.15) is 0 Å². The van der Waals surface area contributed by atoms with E-state index < -0.39 is 11.6 Å². The van der Waals surface area contributed by atoms with Gasteiger partial charge in [-0.25, -0.2) is 4.79 Å². The van der Waals surface area contributed by atoms with Crippen molar-refractivity contribution in [2.24, 2.45) is 5.92 Å². The van der Waals surface area contributed by atoms with E-state index in [1.165, 1.54) is 10.5 Å². The fraction of sp³-hybridized carbons (Fsp3) is 0.500. The zero-order chi connectivity index (χ0) is 25.1. The first kappa shape index (κ1) is 24.4. The number of urea groups is 1. The van der Waals surface area contributed by atoms with Gasteiger partial charge in [-0.1, -0.05) is 37.3 Å². The van der Waals surface area contributed by atoms with Crippen molar-refractivity contribution < 1.29 is 23.8 Å². The highest BCUT2D eigenvalue weighted by molar-refractivity contribution is 6.07. The number of hydrogen-bond acceptors (Lipinski definition) is 6. The largest absolute Gasteiger partial charge is 0.494 e. The maximum absolute atomic E-state index is 13.7. The Bertz CT molecular complexity index is 1100. The zero-order valence-electron chi connectivity index (χ0n) is 21.1. The van der Waals surface area contributed by atoms with Crippen LogP contribution >= 0.6 is 0 Å². The standard InChI is InChI=1S/C28H35N3O5/c1-3-28(21-13-15-30(16-14-21)17-20-9-5-6-10-23(20)34-4-2)26(32)31(27(33)29-28)18-22-19-35-24-11-7-8-12-25(24)36-22/h5-12,21-22H,3-4,13-19H2,1-2H3,(H,29,33)/t22-,28+/m0/s1. The van der Waals surface area contributed by atoms with Crippen molar-refractivity contribution >= 4 is 11.9 Å². The normalized spacial score (nSPS) is 24.6. The van der Waals surface area contributed by atoms with Gasteiger partial charge < -0.3 is 19.5 Å². The SMILES string of the molecule is CCOc1ccccc1CN1CCC([C@@]2(CC)NC(=O)N(C[C@H]3COc4ccccc4O3)C2=O)CC1. The van der Waals surface area contributed by atoms with E-state index in [0.29, 0.717) is 31.1 Å². The fourth-order valence-corrected chi connectivity index (χ4v) is 5.73. The van der Waals surface area contributed by atoms with Crippen molar-refractivity contribution in [3.8, 4) is 17.2 Å². The summed E-state index contributed by atoms with van der Waals surface area (Å²) in [4.78, 5) is 30.4. The minimum Gasteiger partial charge on any atom is -0.494 e. The van der Waals surface area contributed by atoms with Gasteiger partial charge in [0, 0.05) is 12.1 Å². The summed E-state index contributed by atoms with van der Waals surface area (Å²) in [6, 6.07) is 15.3. The van der Waals surface area contributed by atoms with Crippen LogP contribution in [0.2, 0.25) is 0 Å². The number of para-hydroxylation sites is 3. The predicted octanol–water partition coefficient (Wildman–Crippen LogP) is 3.84. The van der Waals surface area contributed by atoms with Gasteiger partial charge >= 0.3 is 6.03 Å². The molecule has 2 saturated heterocycles. The third kappa shape index (κ3) is 4.62. The Morgan fingerprint density at radius 3 is 2.50 bits per heavy atom. The number of rotatable bonds is 8. The summed E-state index contributed by atoms with van der Waals surface area (Å²) in [5.74, 6) is 2.20. The fourth-order valence-electron chi connectivity index (χ4n) is 5.73. The number of imide groups is 1. The maximum Gasteiger partial charge on any atom is 0.325 e. The van der Waals surface area contributed by atoms with E-state index in [-0.39, 0.29) is 24.4 Å². The average molecular weight is 494 g/mol. The summed E-state index contributed by atoms with van der Waals surface area (Å²) >= 11 is 0. The van der Waals surface area contributed by atoms with Gasteiger partial charge in [0.1, 0.15) is 17.9 Å². The molecule has 3 heterocycles. The second kappa shape index (κ2) is 10.4. The van der Waals surface area contributed by atoms with Crippen LogP contribution in [0.5, 0.6) is 17.2 Å². The zero-order valence-corrected chi connectivity index (χ0v) is 21.1. The lowest BCUT2D eigenvalue weighted by Crippen LogP contribution is -2.56. The Morgan fingerprint density at radius 2 is 1.75 bits per heavy atom. The van der Waals surface area contributed by atoms with Crippen molar-refractivity contribution in [2.45, 2.75) is 51.3 Å². The number of amides is 3. The minimum atomic E-state index is -0.861. The highest BCUT2D eigenvalue weighted by Crippen LogP contribution is 2.37. The van der Waals surface area contributed by atoms with Crippen LogP contribution in [-0.4, -0.2) is 66.2 Å². The van der Waals surface area contributed by atoms with Gasteiger partial charge in [0.2, 0.25) is 0 Å². The molecule has 0 saturated carbocycles. The maximum atomic E-state index is 13.7. The number of carbonyl (C=O) groups is 2. The van der Waals surface area contributed by atoms with Gasteiger partial charge in [-0.3, -0.25) is 14.6 Å². The molecule has 1 N–H and O–H groups in total. The molecule has 3 aliphatic heterocycles. The number of ether oxygens (including phenoxy) is 3. The van der Waals surface area contributed by atoms with Crippen molar-refractivity contribution in [1.29, 1.82) is 0 Å². The van der Waals surface area contributed by atoms with E-state index in [9.17, 15) is 9.59 Å². The summed E-state index contributed by atoms with van der Waals surface area (Å²) in [6.07, 6.45) is 1.87. The van der Waals surface area contributed by atoms with Gasteiger partial charge in [0.15, 0.2) is 17.6 Å². The molecule has 8 heteroatoms. The third-order valence-electron chi connectivity index (χ3n) is 7.66. The number of benzene rings is 2. The van der Waals surface area contributed by atoms with E-state index in [1.54, 1.807) is 0 Å². The molecule has 2 fully saturated rings. The number of likely N-dealkylation sites (tertiary alicyclic amines) is 1. The van der Waals surface area contributed by atoms with E-state index in [1.807, 2.05) is 56.3 Å². The molecule has 36 heavy (non-hydrogen) atoms.